The molecule has 1 saturated heterocycles. The molecule has 0 aliphatic carbocycles. The number of carbonyl (C=O) groups is 1. The van der Waals surface area contributed by atoms with Crippen molar-refractivity contribution in [3.05, 3.63) is 30.2 Å². The lowest BCUT2D eigenvalue weighted by Crippen LogP contribution is -2.42. The molecular formula is C15H20ClN3O3. The maximum absolute atomic E-state index is 12.1. The third kappa shape index (κ3) is 3.69. The van der Waals surface area contributed by atoms with Crippen molar-refractivity contribution in [2.45, 2.75) is 19.8 Å². The molecule has 2 N–H and O–H groups in total. The second-order valence-corrected chi connectivity index (χ2v) is 5.80. The third-order valence-electron chi connectivity index (χ3n) is 3.99. The van der Waals surface area contributed by atoms with Crippen LogP contribution < -0.4 is 10.6 Å². The van der Waals surface area contributed by atoms with Crippen LogP contribution in [0.3, 0.4) is 0 Å². The Hall–Kier alpha value is -1.79. The van der Waals surface area contributed by atoms with Gasteiger partial charge in [0.25, 0.3) is 5.91 Å². The maximum atomic E-state index is 12.1. The van der Waals surface area contributed by atoms with Gasteiger partial charge in [-0.1, -0.05) is 12.1 Å². The molecule has 3 heterocycles. The molecule has 0 bridgehead atoms. The first-order valence-corrected chi connectivity index (χ1v) is 7.16. The van der Waals surface area contributed by atoms with Gasteiger partial charge in [0.1, 0.15) is 0 Å². The van der Waals surface area contributed by atoms with Gasteiger partial charge in [0.15, 0.2) is 11.5 Å². The summed E-state index contributed by atoms with van der Waals surface area (Å²) in [7, 11) is 0. The van der Waals surface area contributed by atoms with Crippen molar-refractivity contribution < 1.29 is 13.7 Å². The summed E-state index contributed by atoms with van der Waals surface area (Å²) in [6.45, 7) is 4.85. The molecule has 0 unspecified atom stereocenters. The summed E-state index contributed by atoms with van der Waals surface area (Å²) >= 11 is 0. The average molecular weight is 326 g/mol. The maximum Gasteiger partial charge on any atom is 0.273 e. The Morgan fingerprint density at radius 1 is 1.41 bits per heavy atom. The Kier molecular flexibility index (Phi) is 5.26. The molecule has 1 amide bonds. The van der Waals surface area contributed by atoms with E-state index in [0.717, 1.165) is 25.9 Å². The zero-order valence-electron chi connectivity index (χ0n) is 12.4. The van der Waals surface area contributed by atoms with Crippen LogP contribution in [0, 0.1) is 5.41 Å². The summed E-state index contributed by atoms with van der Waals surface area (Å²) in [6, 6.07) is 5.12. The van der Waals surface area contributed by atoms with E-state index >= 15 is 0 Å². The predicted octanol–water partition coefficient (Wildman–Crippen LogP) is 2.48. The molecule has 1 aliphatic heterocycles. The molecule has 0 radical (unpaired) electrons. The van der Waals surface area contributed by atoms with E-state index in [9.17, 15) is 4.79 Å². The van der Waals surface area contributed by atoms with Gasteiger partial charge in [0.05, 0.1) is 6.26 Å². The minimum atomic E-state index is -0.212. The van der Waals surface area contributed by atoms with Gasteiger partial charge in [-0.2, -0.15) is 0 Å². The minimum Gasteiger partial charge on any atom is -0.461 e. The van der Waals surface area contributed by atoms with Gasteiger partial charge < -0.3 is 19.6 Å². The van der Waals surface area contributed by atoms with E-state index in [1.165, 1.54) is 0 Å². The molecule has 2 aromatic heterocycles. The number of aromatic nitrogens is 1. The first-order valence-electron chi connectivity index (χ1n) is 7.16. The van der Waals surface area contributed by atoms with Gasteiger partial charge in [0.2, 0.25) is 5.76 Å². The van der Waals surface area contributed by atoms with Crippen LogP contribution >= 0.6 is 12.4 Å². The highest BCUT2D eigenvalue weighted by molar-refractivity contribution is 5.92. The number of nitrogens with zero attached hydrogens (tertiary/aromatic N) is 1. The van der Waals surface area contributed by atoms with Gasteiger partial charge >= 0.3 is 0 Å². The van der Waals surface area contributed by atoms with Gasteiger partial charge in [-0.05, 0) is 43.5 Å². The van der Waals surface area contributed by atoms with Gasteiger partial charge in [-0.15, -0.1) is 12.4 Å². The lowest BCUT2D eigenvalue weighted by atomic mass is 9.81. The van der Waals surface area contributed by atoms with Crippen molar-refractivity contribution in [3.63, 3.8) is 0 Å². The van der Waals surface area contributed by atoms with Crippen LogP contribution in [-0.4, -0.2) is 30.7 Å². The first kappa shape index (κ1) is 16.6. The molecule has 1 aliphatic rings. The fourth-order valence-electron chi connectivity index (χ4n) is 2.51. The largest absolute Gasteiger partial charge is 0.461 e. The number of rotatable bonds is 4. The van der Waals surface area contributed by atoms with Crippen molar-refractivity contribution in [1.29, 1.82) is 0 Å². The summed E-state index contributed by atoms with van der Waals surface area (Å²) in [5.41, 5.74) is 0.424. The Labute approximate surface area is 135 Å². The van der Waals surface area contributed by atoms with Gasteiger partial charge in [-0.25, -0.2) is 0 Å². The van der Waals surface area contributed by atoms with E-state index in [0.29, 0.717) is 18.1 Å². The van der Waals surface area contributed by atoms with Gasteiger partial charge in [0, 0.05) is 12.6 Å². The molecule has 0 aromatic carbocycles. The summed E-state index contributed by atoms with van der Waals surface area (Å²) < 4.78 is 10.3. The molecule has 0 spiro atoms. The molecular weight excluding hydrogens is 306 g/mol. The summed E-state index contributed by atoms with van der Waals surface area (Å²) in [5, 5.41) is 10.1. The highest BCUT2D eigenvalue weighted by atomic mass is 35.5. The number of halogens is 1. The van der Waals surface area contributed by atoms with E-state index in [4.69, 9.17) is 8.94 Å². The molecule has 22 heavy (non-hydrogen) atoms. The highest BCUT2D eigenvalue weighted by Gasteiger charge is 2.27. The van der Waals surface area contributed by atoms with Crippen LogP contribution in [-0.2, 0) is 0 Å². The number of amides is 1. The minimum absolute atomic E-state index is 0. The predicted molar refractivity (Wildman–Crippen MR) is 84.0 cm³/mol. The Morgan fingerprint density at radius 2 is 2.18 bits per heavy atom. The van der Waals surface area contributed by atoms with Crippen molar-refractivity contribution in [2.24, 2.45) is 5.41 Å². The third-order valence-corrected chi connectivity index (χ3v) is 3.99. The topological polar surface area (TPSA) is 80.3 Å². The van der Waals surface area contributed by atoms with Crippen LogP contribution in [0.15, 0.2) is 33.4 Å². The van der Waals surface area contributed by atoms with Crippen LogP contribution in [0.25, 0.3) is 11.5 Å². The standard InChI is InChI=1S/C15H19N3O3.ClH/c1-15(4-6-16-7-5-15)10-17-14(19)11-9-13(21-18-11)12-3-2-8-20-12;/h2-3,8-9,16H,4-7,10H2,1H3,(H,17,19);1H. The van der Waals surface area contributed by atoms with Crippen LogP contribution in [0.4, 0.5) is 0 Å². The first-order chi connectivity index (χ1) is 10.2. The lowest BCUT2D eigenvalue weighted by Gasteiger charge is -2.33. The van der Waals surface area contributed by atoms with E-state index in [2.05, 4.69) is 22.7 Å². The Bertz CT molecular complexity index is 603. The molecule has 2 aromatic rings. The fraction of sp³-hybridized carbons (Fsp3) is 0.467. The summed E-state index contributed by atoms with van der Waals surface area (Å²) in [6.07, 6.45) is 3.67. The Morgan fingerprint density at radius 3 is 2.86 bits per heavy atom. The SMILES string of the molecule is CC1(CNC(=O)c2cc(-c3ccco3)on2)CCNCC1.Cl. The lowest BCUT2D eigenvalue weighted by molar-refractivity contribution is 0.0913. The van der Waals surface area contributed by atoms with E-state index in [1.807, 2.05) is 0 Å². The number of furan rings is 1. The molecule has 1 fully saturated rings. The van der Waals surface area contributed by atoms with Crippen LogP contribution in [0.5, 0.6) is 0 Å². The molecule has 120 valence electrons. The van der Waals surface area contributed by atoms with Crippen LogP contribution in [0.2, 0.25) is 0 Å². The van der Waals surface area contributed by atoms with E-state index in [1.54, 1.807) is 24.5 Å². The Balaban J connectivity index is 0.00000176. The number of carbonyl (C=O) groups excluding carboxylic acids is 1. The number of nitrogens with one attached hydrogen (secondary N) is 2. The average Bonchev–Trinajstić information content (AvgIpc) is 3.16. The molecule has 7 heteroatoms. The van der Waals surface area contributed by atoms with Crippen molar-refractivity contribution in [3.8, 4) is 11.5 Å². The quantitative estimate of drug-likeness (QED) is 0.902. The molecule has 0 atom stereocenters. The highest BCUT2D eigenvalue weighted by Crippen LogP contribution is 2.27. The normalized spacial score (nSPS) is 16.8. The zero-order valence-corrected chi connectivity index (χ0v) is 13.2. The van der Waals surface area contributed by atoms with E-state index in [-0.39, 0.29) is 29.4 Å². The smallest absolute Gasteiger partial charge is 0.273 e. The van der Waals surface area contributed by atoms with Crippen molar-refractivity contribution in [2.75, 3.05) is 19.6 Å². The number of hydrogen-bond acceptors (Lipinski definition) is 5. The second-order valence-electron chi connectivity index (χ2n) is 5.80. The monoisotopic (exact) mass is 325 g/mol. The number of piperidine rings is 1. The second kappa shape index (κ2) is 6.98. The summed E-state index contributed by atoms with van der Waals surface area (Å²) in [5.74, 6) is 0.807. The zero-order chi connectivity index (χ0) is 14.7. The molecule has 0 saturated carbocycles. The summed E-state index contributed by atoms with van der Waals surface area (Å²) in [4.78, 5) is 12.1. The molecule has 3 rings (SSSR count). The van der Waals surface area contributed by atoms with Crippen molar-refractivity contribution in [1.82, 2.24) is 15.8 Å². The molecule has 6 nitrogen and oxygen atoms in total. The fourth-order valence-corrected chi connectivity index (χ4v) is 2.51. The van der Waals surface area contributed by atoms with E-state index < -0.39 is 0 Å². The number of hydrogen-bond donors (Lipinski definition) is 2. The van der Waals surface area contributed by atoms with Crippen LogP contribution in [0.1, 0.15) is 30.3 Å². The van der Waals surface area contributed by atoms with Gasteiger partial charge in [-0.3, -0.25) is 4.79 Å². The van der Waals surface area contributed by atoms with Crippen molar-refractivity contribution >= 4 is 18.3 Å².